The standard InChI is InChI=1S/C9H20.6C2H6O/c1-3-5-7-9-8-6-4-2;6*1-3-2/h3-9H2,1-2H3;6*1-2H3. The Morgan fingerprint density at radius 1 is 0.296 bits per heavy atom. The highest BCUT2D eigenvalue weighted by molar-refractivity contribution is 4.41. The maximum atomic E-state index is 4.25. The summed E-state index contributed by atoms with van der Waals surface area (Å²) in [6.07, 6.45) is 9.97. The molecule has 0 spiro atoms. The lowest BCUT2D eigenvalue weighted by Gasteiger charge is -1.96. The van der Waals surface area contributed by atoms with Crippen molar-refractivity contribution in [1.82, 2.24) is 0 Å². The Labute approximate surface area is 173 Å². The second-order valence-electron chi connectivity index (χ2n) is 5.22. The van der Waals surface area contributed by atoms with Crippen LogP contribution in [0.5, 0.6) is 0 Å². The highest BCUT2D eigenvalue weighted by atomic mass is 16.5. The molecule has 27 heavy (non-hydrogen) atoms. The number of rotatable bonds is 6. The molecule has 0 saturated carbocycles. The number of unbranched alkanes of at least 4 members (excludes halogenated alkanes) is 6. The monoisotopic (exact) mass is 404 g/mol. The summed E-state index contributed by atoms with van der Waals surface area (Å²) in [7, 11) is 19.5. The number of ether oxygens (including phenoxy) is 6. The highest BCUT2D eigenvalue weighted by Crippen LogP contribution is 2.05. The van der Waals surface area contributed by atoms with E-state index in [1.165, 1.54) is 44.9 Å². The predicted molar refractivity (Wildman–Crippen MR) is 121 cm³/mol. The van der Waals surface area contributed by atoms with Gasteiger partial charge in [-0.05, 0) is 0 Å². The van der Waals surface area contributed by atoms with Gasteiger partial charge in [0.15, 0.2) is 0 Å². The van der Waals surface area contributed by atoms with Crippen LogP contribution in [0, 0.1) is 0 Å². The van der Waals surface area contributed by atoms with Crippen molar-refractivity contribution in [3.63, 3.8) is 0 Å². The first kappa shape index (κ1) is 45.5. The predicted octanol–water partition coefficient (Wildman–Crippen LogP) is 5.33. The van der Waals surface area contributed by atoms with Crippen LogP contribution < -0.4 is 0 Å². The zero-order valence-corrected chi connectivity index (χ0v) is 21.4. The third-order valence-electron chi connectivity index (χ3n) is 1.71. The molecule has 0 aliphatic rings. The molecule has 0 atom stereocenters. The topological polar surface area (TPSA) is 55.4 Å². The van der Waals surface area contributed by atoms with Crippen LogP contribution in [0.15, 0.2) is 0 Å². The normalized spacial score (nSPS) is 7.33. The molecule has 0 rings (SSSR count). The van der Waals surface area contributed by atoms with E-state index < -0.39 is 0 Å². The largest absolute Gasteiger partial charge is 0.388 e. The summed E-state index contributed by atoms with van der Waals surface area (Å²) < 4.78 is 25.5. The lowest BCUT2D eigenvalue weighted by Crippen LogP contribution is -1.76. The van der Waals surface area contributed by atoms with E-state index in [2.05, 4.69) is 42.3 Å². The van der Waals surface area contributed by atoms with Gasteiger partial charge >= 0.3 is 0 Å². The molecule has 0 heterocycles. The minimum absolute atomic E-state index is 1.37. The van der Waals surface area contributed by atoms with Crippen molar-refractivity contribution in [2.75, 3.05) is 85.3 Å². The third-order valence-corrected chi connectivity index (χ3v) is 1.71. The quantitative estimate of drug-likeness (QED) is 0.558. The first-order valence-corrected chi connectivity index (χ1v) is 9.31. The van der Waals surface area contributed by atoms with Crippen LogP contribution in [-0.4, -0.2) is 85.3 Å². The van der Waals surface area contributed by atoms with E-state index in [4.69, 9.17) is 0 Å². The van der Waals surface area contributed by atoms with Crippen LogP contribution in [0.4, 0.5) is 0 Å². The molecular formula is C21H56O6. The highest BCUT2D eigenvalue weighted by Gasteiger charge is 1.85. The van der Waals surface area contributed by atoms with Crippen molar-refractivity contribution in [1.29, 1.82) is 0 Å². The van der Waals surface area contributed by atoms with E-state index >= 15 is 0 Å². The molecule has 6 nitrogen and oxygen atoms in total. The Morgan fingerprint density at radius 2 is 0.407 bits per heavy atom. The molecule has 0 aliphatic heterocycles. The van der Waals surface area contributed by atoms with Gasteiger partial charge in [0.1, 0.15) is 0 Å². The van der Waals surface area contributed by atoms with Crippen molar-refractivity contribution < 1.29 is 28.4 Å². The first-order valence-electron chi connectivity index (χ1n) is 9.31. The van der Waals surface area contributed by atoms with Crippen molar-refractivity contribution in [2.24, 2.45) is 0 Å². The Bertz CT molecular complexity index is 95.3. The van der Waals surface area contributed by atoms with Gasteiger partial charge in [-0.15, -0.1) is 0 Å². The second kappa shape index (κ2) is 97.0. The average Bonchev–Trinajstić information content (AvgIpc) is 2.59. The fourth-order valence-electron chi connectivity index (χ4n) is 1.03. The molecule has 0 N–H and O–H groups in total. The summed E-state index contributed by atoms with van der Waals surface area (Å²) in [5.41, 5.74) is 0. The van der Waals surface area contributed by atoms with Crippen molar-refractivity contribution in [3.8, 4) is 0 Å². The van der Waals surface area contributed by atoms with Gasteiger partial charge < -0.3 is 28.4 Å². The average molecular weight is 405 g/mol. The second-order valence-corrected chi connectivity index (χ2v) is 5.22. The molecule has 0 aromatic carbocycles. The maximum Gasteiger partial charge on any atom is 0.0351 e. The minimum atomic E-state index is 1.37. The van der Waals surface area contributed by atoms with Crippen LogP contribution in [0.25, 0.3) is 0 Å². The van der Waals surface area contributed by atoms with Gasteiger partial charge in [-0.25, -0.2) is 0 Å². The van der Waals surface area contributed by atoms with Gasteiger partial charge in [-0.3, -0.25) is 0 Å². The smallest absolute Gasteiger partial charge is 0.0351 e. The van der Waals surface area contributed by atoms with Gasteiger partial charge in [0.25, 0.3) is 0 Å². The Hall–Kier alpha value is -0.240. The zero-order valence-electron chi connectivity index (χ0n) is 21.4. The molecule has 0 fully saturated rings. The van der Waals surface area contributed by atoms with Gasteiger partial charge in [0, 0.05) is 85.3 Å². The molecule has 0 amide bonds. The SMILES string of the molecule is CCCCCCCCC.COC.COC.COC.COC.COC.COC. The molecule has 0 unspecified atom stereocenters. The molecular weight excluding hydrogens is 348 g/mol. The van der Waals surface area contributed by atoms with E-state index in [1.807, 2.05) is 0 Å². The number of methoxy groups -OCH3 is 6. The summed E-state index contributed by atoms with van der Waals surface area (Å²) in [5.74, 6) is 0. The Morgan fingerprint density at radius 3 is 0.519 bits per heavy atom. The third kappa shape index (κ3) is 438. The summed E-state index contributed by atoms with van der Waals surface area (Å²) in [6.45, 7) is 4.53. The van der Waals surface area contributed by atoms with E-state index in [0.717, 1.165) is 0 Å². The van der Waals surface area contributed by atoms with E-state index in [0.29, 0.717) is 0 Å². The fourth-order valence-corrected chi connectivity index (χ4v) is 1.03. The van der Waals surface area contributed by atoms with Crippen molar-refractivity contribution in [2.45, 2.75) is 58.8 Å². The molecule has 0 bridgehead atoms. The molecule has 0 aromatic heterocycles. The lowest BCUT2D eigenvalue weighted by molar-refractivity contribution is 0.277. The van der Waals surface area contributed by atoms with Crippen molar-refractivity contribution >= 4 is 0 Å². The van der Waals surface area contributed by atoms with Crippen molar-refractivity contribution in [3.05, 3.63) is 0 Å². The minimum Gasteiger partial charge on any atom is -0.388 e. The fraction of sp³-hybridized carbons (Fsp3) is 1.00. The molecule has 0 aromatic rings. The van der Waals surface area contributed by atoms with E-state index in [9.17, 15) is 0 Å². The van der Waals surface area contributed by atoms with Gasteiger partial charge in [-0.1, -0.05) is 58.8 Å². The van der Waals surface area contributed by atoms with E-state index in [-0.39, 0.29) is 0 Å². The van der Waals surface area contributed by atoms with E-state index in [1.54, 1.807) is 85.3 Å². The summed E-state index contributed by atoms with van der Waals surface area (Å²) in [4.78, 5) is 0. The van der Waals surface area contributed by atoms with Crippen LogP contribution >= 0.6 is 0 Å². The Balaban J connectivity index is -0.0000000378. The first-order chi connectivity index (χ1) is 12.9. The van der Waals surface area contributed by atoms with Gasteiger partial charge in [0.05, 0.1) is 0 Å². The zero-order chi connectivity index (χ0) is 23.2. The van der Waals surface area contributed by atoms with Crippen LogP contribution in [-0.2, 0) is 28.4 Å². The van der Waals surface area contributed by atoms with Gasteiger partial charge in [-0.2, -0.15) is 0 Å². The maximum absolute atomic E-state index is 4.25. The molecule has 6 heteroatoms. The molecule has 0 aliphatic carbocycles. The number of hydrogen-bond donors (Lipinski definition) is 0. The molecule has 176 valence electrons. The van der Waals surface area contributed by atoms with Crippen LogP contribution in [0.1, 0.15) is 58.8 Å². The van der Waals surface area contributed by atoms with Crippen LogP contribution in [0.3, 0.4) is 0 Å². The number of hydrogen-bond acceptors (Lipinski definition) is 6. The van der Waals surface area contributed by atoms with Gasteiger partial charge in [0.2, 0.25) is 0 Å². The molecule has 0 radical (unpaired) electrons. The summed E-state index contributed by atoms with van der Waals surface area (Å²) in [5, 5.41) is 0. The van der Waals surface area contributed by atoms with Crippen LogP contribution in [0.2, 0.25) is 0 Å². The lowest BCUT2D eigenvalue weighted by atomic mass is 10.1. The molecule has 0 saturated heterocycles. The summed E-state index contributed by atoms with van der Waals surface area (Å²) in [6, 6.07) is 0. The summed E-state index contributed by atoms with van der Waals surface area (Å²) >= 11 is 0. The Kier molecular flexibility index (Phi) is 163.